The van der Waals surface area contributed by atoms with Crippen LogP contribution in [0.25, 0.3) is 6.08 Å². The van der Waals surface area contributed by atoms with E-state index in [-0.39, 0.29) is 5.91 Å². The third-order valence-corrected chi connectivity index (χ3v) is 4.53. The van der Waals surface area contributed by atoms with E-state index >= 15 is 0 Å². The summed E-state index contributed by atoms with van der Waals surface area (Å²) in [5.74, 6) is -0.133. The maximum Gasteiger partial charge on any atom is 0.248 e. The van der Waals surface area contributed by atoms with Crippen molar-refractivity contribution in [3.05, 3.63) is 70.2 Å². The molecule has 0 aliphatic carbocycles. The smallest absolute Gasteiger partial charge is 0.248 e. The number of halogens is 1. The molecule has 0 radical (unpaired) electrons. The van der Waals surface area contributed by atoms with Crippen LogP contribution in [-0.4, -0.2) is 37.1 Å². The number of nitrogens with zero attached hydrogens (tertiary/aromatic N) is 1. The van der Waals surface area contributed by atoms with Crippen LogP contribution in [-0.2, 0) is 16.1 Å². The van der Waals surface area contributed by atoms with E-state index < -0.39 is 0 Å². The van der Waals surface area contributed by atoms with Gasteiger partial charge in [0.25, 0.3) is 0 Å². The first-order valence-electron chi connectivity index (χ1n) is 8.33. The highest BCUT2D eigenvalue weighted by molar-refractivity contribution is 9.10. The second-order valence-corrected chi connectivity index (χ2v) is 6.88. The van der Waals surface area contributed by atoms with E-state index in [4.69, 9.17) is 4.74 Å². The molecule has 2 aromatic carbocycles. The van der Waals surface area contributed by atoms with Gasteiger partial charge in [-0.15, -0.1) is 0 Å². The van der Waals surface area contributed by atoms with Crippen molar-refractivity contribution >= 4 is 33.6 Å². The Morgan fingerprint density at radius 3 is 2.68 bits per heavy atom. The van der Waals surface area contributed by atoms with Gasteiger partial charge in [0.2, 0.25) is 5.91 Å². The Hall–Kier alpha value is -1.95. The second-order valence-electron chi connectivity index (χ2n) is 5.96. The minimum Gasteiger partial charge on any atom is -0.379 e. The van der Waals surface area contributed by atoms with Gasteiger partial charge in [-0.1, -0.05) is 40.2 Å². The van der Waals surface area contributed by atoms with E-state index in [1.807, 2.05) is 42.5 Å². The molecule has 3 rings (SSSR count). The number of nitrogens with one attached hydrogen (secondary N) is 1. The lowest BCUT2D eigenvalue weighted by molar-refractivity contribution is -0.111. The van der Waals surface area contributed by atoms with Crippen molar-refractivity contribution in [1.82, 2.24) is 4.90 Å². The number of carbonyl (C=O) groups excluding carboxylic acids is 1. The van der Waals surface area contributed by atoms with Crippen molar-refractivity contribution in [3.63, 3.8) is 0 Å². The van der Waals surface area contributed by atoms with E-state index in [0.717, 1.165) is 48.6 Å². The molecule has 1 aliphatic rings. The van der Waals surface area contributed by atoms with Crippen molar-refractivity contribution in [2.24, 2.45) is 0 Å². The topological polar surface area (TPSA) is 41.6 Å². The van der Waals surface area contributed by atoms with Crippen LogP contribution < -0.4 is 5.32 Å². The molecule has 1 fully saturated rings. The second kappa shape index (κ2) is 8.94. The zero-order valence-corrected chi connectivity index (χ0v) is 15.5. The summed E-state index contributed by atoms with van der Waals surface area (Å²) in [5.41, 5.74) is 2.99. The first kappa shape index (κ1) is 17.9. The minimum absolute atomic E-state index is 0.133. The summed E-state index contributed by atoms with van der Waals surface area (Å²) < 4.78 is 6.39. The van der Waals surface area contributed by atoms with E-state index in [2.05, 4.69) is 32.2 Å². The molecule has 25 heavy (non-hydrogen) atoms. The molecule has 0 unspecified atom stereocenters. The van der Waals surface area contributed by atoms with Crippen LogP contribution in [0.15, 0.2) is 59.1 Å². The number of benzene rings is 2. The van der Waals surface area contributed by atoms with E-state index in [1.54, 1.807) is 12.2 Å². The van der Waals surface area contributed by atoms with Crippen molar-refractivity contribution in [2.75, 3.05) is 31.6 Å². The van der Waals surface area contributed by atoms with Gasteiger partial charge in [-0.3, -0.25) is 9.69 Å². The fraction of sp³-hybridized carbons (Fsp3) is 0.250. The van der Waals surface area contributed by atoms with Gasteiger partial charge in [0, 0.05) is 35.9 Å². The molecular weight excluding hydrogens is 380 g/mol. The molecule has 0 bridgehead atoms. The molecule has 130 valence electrons. The average molecular weight is 401 g/mol. The Bertz CT molecular complexity index is 738. The molecule has 0 spiro atoms. The van der Waals surface area contributed by atoms with Crippen LogP contribution in [0.5, 0.6) is 0 Å². The fourth-order valence-corrected chi connectivity index (χ4v) is 2.96. The summed E-state index contributed by atoms with van der Waals surface area (Å²) in [4.78, 5) is 14.5. The molecule has 1 aliphatic heterocycles. The molecular formula is C20H21BrN2O2. The number of amides is 1. The summed E-state index contributed by atoms with van der Waals surface area (Å²) in [7, 11) is 0. The highest BCUT2D eigenvalue weighted by Crippen LogP contribution is 2.14. The zero-order chi connectivity index (χ0) is 17.5. The van der Waals surface area contributed by atoms with Crippen molar-refractivity contribution in [2.45, 2.75) is 6.54 Å². The normalized spacial score (nSPS) is 15.4. The van der Waals surface area contributed by atoms with Gasteiger partial charge in [0.15, 0.2) is 0 Å². The standard InChI is InChI=1S/C20H21BrN2O2/c21-18-7-4-16(5-8-18)6-9-20(24)22-19-3-1-2-17(14-19)15-23-10-12-25-13-11-23/h1-9,14H,10-13,15H2,(H,22,24). The minimum atomic E-state index is -0.133. The summed E-state index contributed by atoms with van der Waals surface area (Å²) in [5, 5.41) is 2.92. The van der Waals surface area contributed by atoms with Crippen molar-refractivity contribution < 1.29 is 9.53 Å². The first-order valence-corrected chi connectivity index (χ1v) is 9.12. The van der Waals surface area contributed by atoms with Crippen molar-refractivity contribution in [1.29, 1.82) is 0 Å². The molecule has 1 N–H and O–H groups in total. The maximum atomic E-state index is 12.1. The lowest BCUT2D eigenvalue weighted by Crippen LogP contribution is -2.35. The fourth-order valence-electron chi connectivity index (χ4n) is 2.69. The lowest BCUT2D eigenvalue weighted by atomic mass is 10.1. The highest BCUT2D eigenvalue weighted by Gasteiger charge is 2.10. The number of morpholine rings is 1. The van der Waals surface area contributed by atoms with Crippen LogP contribution in [0.4, 0.5) is 5.69 Å². The highest BCUT2D eigenvalue weighted by atomic mass is 79.9. The van der Waals surface area contributed by atoms with Gasteiger partial charge in [-0.05, 0) is 41.5 Å². The Kier molecular flexibility index (Phi) is 6.39. The molecule has 5 heteroatoms. The molecule has 4 nitrogen and oxygen atoms in total. The third-order valence-electron chi connectivity index (χ3n) is 4.00. The van der Waals surface area contributed by atoms with Crippen molar-refractivity contribution in [3.8, 4) is 0 Å². The molecule has 2 aromatic rings. The van der Waals surface area contributed by atoms with Gasteiger partial charge < -0.3 is 10.1 Å². The molecule has 1 saturated heterocycles. The molecule has 1 amide bonds. The average Bonchev–Trinajstić information content (AvgIpc) is 2.62. The third kappa shape index (κ3) is 5.81. The van der Waals surface area contributed by atoms with Crippen LogP contribution >= 0.6 is 15.9 Å². The largest absolute Gasteiger partial charge is 0.379 e. The summed E-state index contributed by atoms with van der Waals surface area (Å²) in [6.07, 6.45) is 3.36. The molecule has 0 atom stereocenters. The quantitative estimate of drug-likeness (QED) is 0.772. The summed E-state index contributed by atoms with van der Waals surface area (Å²) >= 11 is 3.40. The molecule has 1 heterocycles. The maximum absolute atomic E-state index is 12.1. The van der Waals surface area contributed by atoms with Gasteiger partial charge in [-0.25, -0.2) is 0 Å². The van der Waals surface area contributed by atoms with Gasteiger partial charge in [0.1, 0.15) is 0 Å². The SMILES string of the molecule is O=C(C=Cc1ccc(Br)cc1)Nc1cccc(CN2CCOCC2)c1. The van der Waals surface area contributed by atoms with E-state index in [1.165, 1.54) is 5.56 Å². The van der Waals surface area contributed by atoms with Crippen LogP contribution in [0.2, 0.25) is 0 Å². The number of anilines is 1. The lowest BCUT2D eigenvalue weighted by Gasteiger charge is -2.26. The monoisotopic (exact) mass is 400 g/mol. The Labute approximate surface area is 156 Å². The first-order chi connectivity index (χ1) is 12.2. The number of hydrogen-bond donors (Lipinski definition) is 1. The van der Waals surface area contributed by atoms with Crippen LogP contribution in [0, 0.1) is 0 Å². The predicted molar refractivity (Wildman–Crippen MR) is 104 cm³/mol. The molecule has 0 saturated carbocycles. The number of hydrogen-bond acceptors (Lipinski definition) is 3. The zero-order valence-electron chi connectivity index (χ0n) is 14.0. The Morgan fingerprint density at radius 2 is 1.92 bits per heavy atom. The Balaban J connectivity index is 1.57. The van der Waals surface area contributed by atoms with Gasteiger partial charge in [-0.2, -0.15) is 0 Å². The van der Waals surface area contributed by atoms with E-state index in [0.29, 0.717) is 0 Å². The Morgan fingerprint density at radius 1 is 1.16 bits per heavy atom. The number of ether oxygens (including phenoxy) is 1. The summed E-state index contributed by atoms with van der Waals surface area (Å²) in [6.45, 7) is 4.36. The number of carbonyl (C=O) groups is 1. The van der Waals surface area contributed by atoms with E-state index in [9.17, 15) is 4.79 Å². The number of rotatable bonds is 5. The predicted octanol–water partition coefficient (Wildman–Crippen LogP) is 3.93. The summed E-state index contributed by atoms with van der Waals surface area (Å²) in [6, 6.07) is 15.8. The van der Waals surface area contributed by atoms with Gasteiger partial charge >= 0.3 is 0 Å². The van der Waals surface area contributed by atoms with Gasteiger partial charge in [0.05, 0.1) is 13.2 Å². The van der Waals surface area contributed by atoms with Crippen LogP contribution in [0.1, 0.15) is 11.1 Å². The van der Waals surface area contributed by atoms with Crippen LogP contribution in [0.3, 0.4) is 0 Å². The molecule has 0 aromatic heterocycles.